The van der Waals surface area contributed by atoms with E-state index in [2.05, 4.69) is 187 Å². The summed E-state index contributed by atoms with van der Waals surface area (Å²) in [6, 6.07) is 65.7. The molecule has 10 rings (SSSR count). The highest BCUT2D eigenvalue weighted by Gasteiger charge is 2.21. The summed E-state index contributed by atoms with van der Waals surface area (Å²) in [6.45, 7) is 0. The molecule has 0 saturated heterocycles. The van der Waals surface area contributed by atoms with Crippen molar-refractivity contribution in [3.8, 4) is 32.8 Å². The number of hydrogen-bond acceptors (Lipinski definition) is 4. The maximum Gasteiger partial charge on any atom is 0.124 e. The van der Waals surface area contributed by atoms with Crippen LogP contribution in [-0.4, -0.2) is 4.98 Å². The molecule has 0 spiro atoms. The fraction of sp³-hybridized carbons (Fsp3) is 0. The van der Waals surface area contributed by atoms with Crippen LogP contribution in [-0.2, 0) is 0 Å². The molecule has 2 nitrogen and oxygen atoms in total. The standard InChI is InChI=1S/C47H30N2S2/c1-4-12-31(13-5-1)35-22-27-43(40(28-35)32-14-6-2-7-15-32)49(37-24-25-39-38-18-10-11-19-44(38)50-45(39)30-37)36-23-20-33-21-26-42-46(41(33)29-36)51-47(48-42)34-16-8-3-9-17-34/h1-30H. The maximum absolute atomic E-state index is 5.08. The summed E-state index contributed by atoms with van der Waals surface area (Å²) < 4.78 is 3.79. The van der Waals surface area contributed by atoms with Crippen molar-refractivity contribution in [3.05, 3.63) is 182 Å². The van der Waals surface area contributed by atoms with Crippen molar-refractivity contribution in [1.29, 1.82) is 0 Å². The molecule has 10 aromatic rings. The summed E-state index contributed by atoms with van der Waals surface area (Å²) >= 11 is 3.62. The lowest BCUT2D eigenvalue weighted by Crippen LogP contribution is -2.11. The topological polar surface area (TPSA) is 16.1 Å². The number of thiophene rings is 1. The van der Waals surface area contributed by atoms with E-state index < -0.39 is 0 Å². The molecule has 0 unspecified atom stereocenters. The Labute approximate surface area is 304 Å². The van der Waals surface area contributed by atoms with Crippen LogP contribution in [0.2, 0.25) is 0 Å². The first-order valence-corrected chi connectivity index (χ1v) is 18.8. The van der Waals surface area contributed by atoms with Gasteiger partial charge in [0.25, 0.3) is 0 Å². The van der Waals surface area contributed by atoms with Crippen LogP contribution in [0.3, 0.4) is 0 Å². The summed E-state index contributed by atoms with van der Waals surface area (Å²) in [7, 11) is 0. The predicted octanol–water partition coefficient (Wildman–Crippen LogP) is 14.3. The molecular formula is C47H30N2S2. The van der Waals surface area contributed by atoms with Crippen molar-refractivity contribution in [1.82, 2.24) is 4.98 Å². The molecule has 8 aromatic carbocycles. The highest BCUT2D eigenvalue weighted by molar-refractivity contribution is 7.25. The van der Waals surface area contributed by atoms with Crippen LogP contribution < -0.4 is 4.90 Å². The third kappa shape index (κ3) is 5.28. The van der Waals surface area contributed by atoms with Crippen LogP contribution in [0.5, 0.6) is 0 Å². The molecule has 0 radical (unpaired) electrons. The zero-order valence-corrected chi connectivity index (χ0v) is 29.2. The number of aromatic nitrogens is 1. The van der Waals surface area contributed by atoms with Gasteiger partial charge in [-0.3, -0.25) is 0 Å². The number of hydrogen-bond donors (Lipinski definition) is 0. The highest BCUT2D eigenvalue weighted by Crippen LogP contribution is 2.46. The quantitative estimate of drug-likeness (QED) is 0.173. The van der Waals surface area contributed by atoms with Gasteiger partial charge in [-0.2, -0.15) is 0 Å². The van der Waals surface area contributed by atoms with E-state index in [1.54, 1.807) is 11.3 Å². The second-order valence-electron chi connectivity index (χ2n) is 12.8. The summed E-state index contributed by atoms with van der Waals surface area (Å²) in [5.41, 5.74) is 10.3. The van der Waals surface area contributed by atoms with E-state index in [-0.39, 0.29) is 0 Å². The molecule has 0 aliphatic rings. The average molecular weight is 687 g/mol. The Morgan fingerprint density at radius 3 is 1.86 bits per heavy atom. The Morgan fingerprint density at radius 1 is 0.412 bits per heavy atom. The maximum atomic E-state index is 5.08. The first-order chi connectivity index (χ1) is 25.3. The first-order valence-electron chi connectivity index (χ1n) is 17.1. The lowest BCUT2D eigenvalue weighted by atomic mass is 9.96. The number of fused-ring (bicyclic) bond motifs is 6. The van der Waals surface area contributed by atoms with Gasteiger partial charge in [0.2, 0.25) is 0 Å². The summed E-state index contributed by atoms with van der Waals surface area (Å²) in [5, 5.41) is 6.05. The van der Waals surface area contributed by atoms with E-state index in [4.69, 9.17) is 4.98 Å². The summed E-state index contributed by atoms with van der Waals surface area (Å²) in [6.07, 6.45) is 0. The fourth-order valence-electron chi connectivity index (χ4n) is 7.21. The fourth-order valence-corrected chi connectivity index (χ4v) is 9.44. The monoisotopic (exact) mass is 686 g/mol. The van der Waals surface area contributed by atoms with E-state index in [1.807, 2.05) is 11.3 Å². The van der Waals surface area contributed by atoms with Gasteiger partial charge in [0.05, 0.1) is 15.9 Å². The van der Waals surface area contributed by atoms with Crippen molar-refractivity contribution in [2.45, 2.75) is 0 Å². The Morgan fingerprint density at radius 2 is 1.06 bits per heavy atom. The van der Waals surface area contributed by atoms with Crippen molar-refractivity contribution < 1.29 is 0 Å². The van der Waals surface area contributed by atoms with Gasteiger partial charge in [-0.1, -0.05) is 133 Å². The normalized spacial score (nSPS) is 11.5. The number of nitrogens with zero attached hydrogens (tertiary/aromatic N) is 2. The van der Waals surface area contributed by atoms with Gasteiger partial charge >= 0.3 is 0 Å². The Hall–Kier alpha value is -6.07. The zero-order valence-electron chi connectivity index (χ0n) is 27.5. The average Bonchev–Trinajstić information content (AvgIpc) is 3.81. The van der Waals surface area contributed by atoms with Crippen LogP contribution in [0, 0.1) is 0 Å². The van der Waals surface area contributed by atoms with Gasteiger partial charge in [0, 0.05) is 48.1 Å². The molecule has 2 aromatic heterocycles. The van der Waals surface area contributed by atoms with Gasteiger partial charge in [0.15, 0.2) is 0 Å². The van der Waals surface area contributed by atoms with Crippen LogP contribution >= 0.6 is 22.7 Å². The predicted molar refractivity (Wildman–Crippen MR) is 221 cm³/mol. The molecule has 4 heteroatoms. The molecule has 240 valence electrons. The SMILES string of the molecule is c1ccc(-c2ccc(N(c3ccc4c(c3)sc3ccccc34)c3ccc4ccc5nc(-c6ccccc6)sc5c4c3)c(-c3ccccc3)c2)cc1. The van der Waals surface area contributed by atoms with Crippen LogP contribution in [0.15, 0.2) is 182 Å². The number of anilines is 3. The molecule has 0 bridgehead atoms. The molecular weight excluding hydrogens is 657 g/mol. The summed E-state index contributed by atoms with van der Waals surface area (Å²) in [4.78, 5) is 7.52. The van der Waals surface area contributed by atoms with Crippen molar-refractivity contribution >= 4 is 80.9 Å². The van der Waals surface area contributed by atoms with E-state index in [0.717, 1.165) is 33.1 Å². The minimum absolute atomic E-state index is 1.03. The Kier molecular flexibility index (Phi) is 7.23. The lowest BCUT2D eigenvalue weighted by Gasteiger charge is -2.29. The van der Waals surface area contributed by atoms with E-state index >= 15 is 0 Å². The van der Waals surface area contributed by atoms with Crippen LogP contribution in [0.4, 0.5) is 17.1 Å². The molecule has 0 amide bonds. The van der Waals surface area contributed by atoms with Gasteiger partial charge in [-0.25, -0.2) is 4.98 Å². The lowest BCUT2D eigenvalue weighted by molar-refractivity contribution is 1.30. The third-order valence-corrected chi connectivity index (χ3v) is 12.0. The van der Waals surface area contributed by atoms with E-state index in [9.17, 15) is 0 Å². The highest BCUT2D eigenvalue weighted by atomic mass is 32.1. The first kappa shape index (κ1) is 29.8. The van der Waals surface area contributed by atoms with Gasteiger partial charge in [-0.05, 0) is 70.6 Å². The third-order valence-electron chi connectivity index (χ3n) is 9.68. The van der Waals surface area contributed by atoms with Crippen molar-refractivity contribution in [3.63, 3.8) is 0 Å². The Balaban J connectivity index is 1.22. The van der Waals surface area contributed by atoms with Gasteiger partial charge in [0.1, 0.15) is 5.01 Å². The number of benzene rings is 8. The number of rotatable bonds is 6. The largest absolute Gasteiger partial charge is 0.310 e. The molecule has 0 aliphatic heterocycles. The number of thiazole rings is 1. The molecule has 51 heavy (non-hydrogen) atoms. The van der Waals surface area contributed by atoms with Crippen LogP contribution in [0.25, 0.3) is 74.0 Å². The van der Waals surface area contributed by atoms with E-state index in [0.29, 0.717) is 0 Å². The van der Waals surface area contributed by atoms with E-state index in [1.165, 1.54) is 57.9 Å². The molecule has 0 atom stereocenters. The Bertz CT molecular complexity index is 2860. The van der Waals surface area contributed by atoms with Crippen molar-refractivity contribution in [2.24, 2.45) is 0 Å². The summed E-state index contributed by atoms with van der Waals surface area (Å²) in [5.74, 6) is 0. The minimum atomic E-state index is 1.03. The molecule has 0 fully saturated rings. The minimum Gasteiger partial charge on any atom is -0.310 e. The molecule has 0 aliphatic carbocycles. The van der Waals surface area contributed by atoms with Gasteiger partial charge < -0.3 is 4.90 Å². The van der Waals surface area contributed by atoms with Gasteiger partial charge in [-0.15, -0.1) is 22.7 Å². The molecule has 2 heterocycles. The zero-order chi connectivity index (χ0) is 33.7. The second-order valence-corrected chi connectivity index (χ2v) is 14.9. The molecule has 0 N–H and O–H groups in total. The van der Waals surface area contributed by atoms with Crippen LogP contribution in [0.1, 0.15) is 0 Å². The molecule has 0 saturated carbocycles. The second kappa shape index (κ2) is 12.4. The van der Waals surface area contributed by atoms with Crippen molar-refractivity contribution in [2.75, 3.05) is 4.90 Å². The smallest absolute Gasteiger partial charge is 0.124 e.